The molecular formula is C17H16N4O2. The number of rotatable bonds is 2. The number of anilines is 1. The number of β-amino-alcohol motifs (C(OH)–C–C–N with tert-alkyl or cyclic N) is 1. The molecule has 3 heterocycles. The number of methoxy groups -OCH3 is 1. The lowest BCUT2D eigenvalue weighted by atomic mass is 10.1. The van der Waals surface area contributed by atoms with E-state index in [1.807, 2.05) is 42.6 Å². The summed E-state index contributed by atoms with van der Waals surface area (Å²) in [5.74, 6) is 1.53. The molecule has 0 fully saturated rings. The highest BCUT2D eigenvalue weighted by Gasteiger charge is 2.24. The zero-order chi connectivity index (χ0) is 15.8. The smallest absolute Gasteiger partial charge is 0.135 e. The zero-order valence-corrected chi connectivity index (χ0v) is 12.6. The van der Waals surface area contributed by atoms with E-state index in [0.29, 0.717) is 6.54 Å². The molecule has 0 aliphatic carbocycles. The van der Waals surface area contributed by atoms with Crippen LogP contribution in [0.1, 0.15) is 11.7 Å². The summed E-state index contributed by atoms with van der Waals surface area (Å²) in [5, 5.41) is 18.2. The second kappa shape index (κ2) is 5.40. The van der Waals surface area contributed by atoms with Gasteiger partial charge in [-0.15, -0.1) is 0 Å². The van der Waals surface area contributed by atoms with Gasteiger partial charge in [0.1, 0.15) is 17.3 Å². The SMILES string of the molecule is COc1ccc(-n2cc3c(n2)-c2cccnc2NCC3O)cc1. The Morgan fingerprint density at radius 3 is 2.87 bits per heavy atom. The van der Waals surface area contributed by atoms with Crippen molar-refractivity contribution in [2.24, 2.45) is 0 Å². The number of benzene rings is 1. The van der Waals surface area contributed by atoms with E-state index in [1.165, 1.54) is 0 Å². The lowest BCUT2D eigenvalue weighted by Gasteiger charge is -2.08. The molecule has 6 heteroatoms. The molecule has 1 aliphatic heterocycles. The van der Waals surface area contributed by atoms with E-state index in [4.69, 9.17) is 4.74 Å². The number of hydrogen-bond donors (Lipinski definition) is 2. The van der Waals surface area contributed by atoms with E-state index in [1.54, 1.807) is 18.0 Å². The van der Waals surface area contributed by atoms with Gasteiger partial charge in [0.2, 0.25) is 0 Å². The minimum absolute atomic E-state index is 0.408. The number of nitrogens with one attached hydrogen (secondary N) is 1. The molecule has 0 radical (unpaired) electrons. The first kappa shape index (κ1) is 13.8. The van der Waals surface area contributed by atoms with Crippen LogP contribution in [0.4, 0.5) is 5.82 Å². The molecule has 4 rings (SSSR count). The summed E-state index contributed by atoms with van der Waals surface area (Å²) in [7, 11) is 1.64. The van der Waals surface area contributed by atoms with Gasteiger partial charge in [-0.05, 0) is 36.4 Å². The maximum atomic E-state index is 10.4. The number of aromatic nitrogens is 3. The van der Waals surface area contributed by atoms with Crippen LogP contribution in [-0.4, -0.2) is 33.5 Å². The molecule has 1 aromatic carbocycles. The van der Waals surface area contributed by atoms with Gasteiger partial charge >= 0.3 is 0 Å². The first-order valence-corrected chi connectivity index (χ1v) is 7.37. The topological polar surface area (TPSA) is 72.2 Å². The first-order chi connectivity index (χ1) is 11.3. The normalized spacial score (nSPS) is 16.0. The van der Waals surface area contributed by atoms with Crippen LogP contribution in [0.25, 0.3) is 16.9 Å². The quantitative estimate of drug-likeness (QED) is 0.760. The van der Waals surface area contributed by atoms with E-state index in [-0.39, 0.29) is 0 Å². The second-order valence-electron chi connectivity index (χ2n) is 5.37. The van der Waals surface area contributed by atoms with Crippen molar-refractivity contribution in [1.29, 1.82) is 0 Å². The number of aliphatic hydroxyl groups excluding tert-OH is 1. The highest BCUT2D eigenvalue weighted by Crippen LogP contribution is 2.35. The Labute approximate surface area is 133 Å². The van der Waals surface area contributed by atoms with E-state index < -0.39 is 6.10 Å². The maximum Gasteiger partial charge on any atom is 0.135 e. The van der Waals surface area contributed by atoms with Gasteiger partial charge in [0.15, 0.2) is 0 Å². The summed E-state index contributed by atoms with van der Waals surface area (Å²) in [4.78, 5) is 4.33. The van der Waals surface area contributed by atoms with Crippen LogP contribution in [0.15, 0.2) is 48.8 Å². The molecule has 1 unspecified atom stereocenters. The van der Waals surface area contributed by atoms with E-state index in [2.05, 4.69) is 15.4 Å². The minimum Gasteiger partial charge on any atom is -0.497 e. The lowest BCUT2D eigenvalue weighted by Crippen LogP contribution is -2.10. The number of hydrogen-bond acceptors (Lipinski definition) is 5. The van der Waals surface area contributed by atoms with Gasteiger partial charge in [-0.1, -0.05) is 0 Å². The van der Waals surface area contributed by atoms with Crippen LogP contribution in [-0.2, 0) is 0 Å². The van der Waals surface area contributed by atoms with Gasteiger partial charge in [-0.2, -0.15) is 5.10 Å². The highest BCUT2D eigenvalue weighted by molar-refractivity contribution is 5.76. The Hall–Kier alpha value is -2.86. The standard InChI is InChI=1S/C17H16N4O2/c1-23-12-6-4-11(5-7-12)21-10-14-15(22)9-19-17-13(16(14)20-21)3-2-8-18-17/h2-8,10,15,22H,9H2,1H3,(H,18,19). The summed E-state index contributed by atoms with van der Waals surface area (Å²) in [5.41, 5.74) is 3.34. The molecular weight excluding hydrogens is 292 g/mol. The number of pyridine rings is 1. The largest absolute Gasteiger partial charge is 0.497 e. The third-order valence-corrected chi connectivity index (χ3v) is 3.96. The average Bonchev–Trinajstić information content (AvgIpc) is 3.00. The van der Waals surface area contributed by atoms with Gasteiger partial charge in [-0.3, -0.25) is 0 Å². The highest BCUT2D eigenvalue weighted by atomic mass is 16.5. The van der Waals surface area contributed by atoms with Gasteiger partial charge in [-0.25, -0.2) is 9.67 Å². The third-order valence-electron chi connectivity index (χ3n) is 3.96. The minimum atomic E-state index is -0.633. The zero-order valence-electron chi connectivity index (χ0n) is 12.6. The van der Waals surface area contributed by atoms with Crippen molar-refractivity contribution in [3.8, 4) is 22.7 Å². The maximum absolute atomic E-state index is 10.4. The van der Waals surface area contributed by atoms with Crippen LogP contribution in [0, 0.1) is 0 Å². The van der Waals surface area contributed by atoms with Crippen molar-refractivity contribution < 1.29 is 9.84 Å². The Balaban J connectivity index is 1.83. The molecule has 0 saturated carbocycles. The number of ether oxygens (including phenoxy) is 1. The number of fused-ring (bicyclic) bond motifs is 3. The second-order valence-corrected chi connectivity index (χ2v) is 5.37. The number of nitrogens with zero attached hydrogens (tertiary/aromatic N) is 3. The summed E-state index contributed by atoms with van der Waals surface area (Å²) >= 11 is 0. The van der Waals surface area contributed by atoms with Crippen molar-refractivity contribution in [1.82, 2.24) is 14.8 Å². The predicted octanol–water partition coefficient (Wildman–Crippen LogP) is 2.40. The lowest BCUT2D eigenvalue weighted by molar-refractivity contribution is 0.192. The molecule has 0 spiro atoms. The molecule has 0 bridgehead atoms. The van der Waals surface area contributed by atoms with Crippen molar-refractivity contribution >= 4 is 5.82 Å². The van der Waals surface area contributed by atoms with Crippen LogP contribution < -0.4 is 10.1 Å². The van der Waals surface area contributed by atoms with Crippen LogP contribution in [0.3, 0.4) is 0 Å². The third kappa shape index (κ3) is 2.33. The fourth-order valence-corrected chi connectivity index (χ4v) is 2.75. The molecule has 1 atom stereocenters. The Bertz CT molecular complexity index is 842. The summed E-state index contributed by atoms with van der Waals surface area (Å²) < 4.78 is 6.95. The Morgan fingerprint density at radius 1 is 1.26 bits per heavy atom. The van der Waals surface area contributed by atoms with Crippen LogP contribution in [0.5, 0.6) is 5.75 Å². The van der Waals surface area contributed by atoms with Gasteiger partial charge in [0.25, 0.3) is 0 Å². The number of aliphatic hydroxyl groups is 1. The fraction of sp³-hybridized carbons (Fsp3) is 0.176. The predicted molar refractivity (Wildman–Crippen MR) is 86.8 cm³/mol. The Morgan fingerprint density at radius 2 is 2.09 bits per heavy atom. The molecule has 116 valence electrons. The van der Waals surface area contributed by atoms with Gasteiger partial charge in [0.05, 0.1) is 18.9 Å². The molecule has 23 heavy (non-hydrogen) atoms. The fourth-order valence-electron chi connectivity index (χ4n) is 2.75. The van der Waals surface area contributed by atoms with E-state index in [0.717, 1.165) is 34.1 Å². The van der Waals surface area contributed by atoms with Gasteiger partial charge in [0, 0.05) is 30.1 Å². The molecule has 2 N–H and O–H groups in total. The molecule has 0 amide bonds. The monoisotopic (exact) mass is 308 g/mol. The van der Waals surface area contributed by atoms with Gasteiger partial charge < -0.3 is 15.2 Å². The van der Waals surface area contributed by atoms with Crippen molar-refractivity contribution in [3.05, 3.63) is 54.4 Å². The van der Waals surface area contributed by atoms with Crippen LogP contribution in [0.2, 0.25) is 0 Å². The molecule has 6 nitrogen and oxygen atoms in total. The van der Waals surface area contributed by atoms with Crippen LogP contribution >= 0.6 is 0 Å². The van der Waals surface area contributed by atoms with Crippen molar-refractivity contribution in [2.45, 2.75) is 6.10 Å². The molecule has 2 aromatic heterocycles. The summed E-state index contributed by atoms with van der Waals surface area (Å²) in [6, 6.07) is 11.5. The summed E-state index contributed by atoms with van der Waals surface area (Å²) in [6.45, 7) is 0.408. The van der Waals surface area contributed by atoms with E-state index >= 15 is 0 Å². The van der Waals surface area contributed by atoms with Crippen molar-refractivity contribution in [2.75, 3.05) is 19.0 Å². The molecule has 0 saturated heterocycles. The van der Waals surface area contributed by atoms with E-state index in [9.17, 15) is 5.11 Å². The summed E-state index contributed by atoms with van der Waals surface area (Å²) in [6.07, 6.45) is 2.96. The van der Waals surface area contributed by atoms with Crippen molar-refractivity contribution in [3.63, 3.8) is 0 Å². The molecule has 3 aromatic rings. The Kier molecular flexibility index (Phi) is 3.24. The average molecular weight is 308 g/mol. The first-order valence-electron chi connectivity index (χ1n) is 7.37. The molecule has 1 aliphatic rings.